The summed E-state index contributed by atoms with van der Waals surface area (Å²) in [6, 6.07) is 8.22. The van der Waals surface area contributed by atoms with Crippen molar-refractivity contribution in [2.75, 3.05) is 13.2 Å². The molecule has 2 aromatic heterocycles. The fraction of sp³-hybridized carbons (Fsp3) is 0.467. The zero-order valence-corrected chi connectivity index (χ0v) is 12.4. The Hall–Kier alpha value is -1.10. The molecule has 0 aromatic carbocycles. The second kappa shape index (κ2) is 7.48. The summed E-state index contributed by atoms with van der Waals surface area (Å²) in [6.45, 7) is 7.57. The van der Waals surface area contributed by atoms with E-state index >= 15 is 0 Å². The zero-order valence-electron chi connectivity index (χ0n) is 11.5. The third-order valence-corrected chi connectivity index (χ3v) is 3.64. The molecule has 0 saturated heterocycles. The van der Waals surface area contributed by atoms with Gasteiger partial charge in [-0.2, -0.15) is 0 Å². The lowest BCUT2D eigenvalue weighted by molar-refractivity contribution is 0.0545. The first-order chi connectivity index (χ1) is 9.24. The topological polar surface area (TPSA) is 25.6 Å². The summed E-state index contributed by atoms with van der Waals surface area (Å²) < 4.78 is 11.1. The molecule has 3 nitrogen and oxygen atoms in total. The van der Waals surface area contributed by atoms with E-state index in [0.29, 0.717) is 0 Å². The van der Waals surface area contributed by atoms with E-state index in [-0.39, 0.29) is 6.10 Å². The highest BCUT2D eigenvalue weighted by molar-refractivity contribution is 7.09. The lowest BCUT2D eigenvalue weighted by Gasteiger charge is -2.21. The van der Waals surface area contributed by atoms with E-state index in [9.17, 15) is 0 Å². The van der Waals surface area contributed by atoms with Crippen molar-refractivity contribution in [1.29, 1.82) is 0 Å². The van der Waals surface area contributed by atoms with Crippen molar-refractivity contribution in [3.05, 3.63) is 46.5 Å². The van der Waals surface area contributed by atoms with Crippen molar-refractivity contribution in [3.8, 4) is 0 Å². The van der Waals surface area contributed by atoms with Gasteiger partial charge in [0.2, 0.25) is 0 Å². The molecule has 19 heavy (non-hydrogen) atoms. The Morgan fingerprint density at radius 2 is 2.16 bits per heavy atom. The van der Waals surface area contributed by atoms with Crippen molar-refractivity contribution < 1.29 is 9.15 Å². The average molecular weight is 279 g/mol. The van der Waals surface area contributed by atoms with Crippen LogP contribution in [0.5, 0.6) is 0 Å². The quantitative estimate of drug-likeness (QED) is 0.735. The van der Waals surface area contributed by atoms with Crippen LogP contribution in [-0.4, -0.2) is 24.2 Å². The van der Waals surface area contributed by atoms with E-state index in [1.54, 1.807) is 17.6 Å². The minimum Gasteiger partial charge on any atom is -0.468 e. The highest BCUT2D eigenvalue weighted by Crippen LogP contribution is 2.14. The summed E-state index contributed by atoms with van der Waals surface area (Å²) in [5, 5.41) is 2.12. The molecule has 0 amide bonds. The summed E-state index contributed by atoms with van der Waals surface area (Å²) in [7, 11) is 0. The molecule has 0 aliphatic carbocycles. The predicted octanol–water partition coefficient (Wildman–Crippen LogP) is 3.77. The largest absolute Gasteiger partial charge is 0.468 e. The second-order valence-corrected chi connectivity index (χ2v) is 5.82. The first-order valence-electron chi connectivity index (χ1n) is 6.63. The van der Waals surface area contributed by atoms with Gasteiger partial charge in [-0.05, 0) is 37.4 Å². The standard InChI is InChI=1S/C15H21NO2S/c1-13(2)17-9-7-16(11-14-5-3-8-18-14)12-15-6-4-10-19-15/h3-6,8,10,13H,7,9,11-12H2,1-2H3. The van der Waals surface area contributed by atoms with Gasteiger partial charge >= 0.3 is 0 Å². The van der Waals surface area contributed by atoms with Crippen molar-refractivity contribution in [1.82, 2.24) is 4.90 Å². The van der Waals surface area contributed by atoms with Gasteiger partial charge in [0.25, 0.3) is 0 Å². The number of thiophene rings is 1. The Kier molecular flexibility index (Phi) is 5.63. The highest BCUT2D eigenvalue weighted by Gasteiger charge is 2.10. The fourth-order valence-corrected chi connectivity index (χ4v) is 2.62. The van der Waals surface area contributed by atoms with Crippen LogP contribution in [-0.2, 0) is 17.8 Å². The van der Waals surface area contributed by atoms with Gasteiger partial charge in [0.1, 0.15) is 5.76 Å². The minimum absolute atomic E-state index is 0.284. The molecule has 4 heteroatoms. The summed E-state index contributed by atoms with van der Waals surface area (Å²) >= 11 is 1.79. The van der Waals surface area contributed by atoms with Crippen LogP contribution < -0.4 is 0 Å². The maximum Gasteiger partial charge on any atom is 0.117 e. The van der Waals surface area contributed by atoms with E-state index < -0.39 is 0 Å². The first-order valence-corrected chi connectivity index (χ1v) is 7.50. The van der Waals surface area contributed by atoms with Crippen molar-refractivity contribution in [2.24, 2.45) is 0 Å². The summed E-state index contributed by atoms with van der Waals surface area (Å²) in [5.74, 6) is 1.00. The molecule has 2 rings (SSSR count). The first kappa shape index (κ1) is 14.3. The number of rotatable bonds is 8. The molecule has 0 radical (unpaired) electrons. The van der Waals surface area contributed by atoms with Crippen LogP contribution in [0.1, 0.15) is 24.5 Å². The zero-order chi connectivity index (χ0) is 13.5. The van der Waals surface area contributed by atoms with Gasteiger partial charge in [-0.3, -0.25) is 4.90 Å². The van der Waals surface area contributed by atoms with Gasteiger partial charge in [-0.15, -0.1) is 11.3 Å². The van der Waals surface area contributed by atoms with Crippen LogP contribution in [0.3, 0.4) is 0 Å². The molecule has 0 atom stereocenters. The van der Waals surface area contributed by atoms with E-state index in [4.69, 9.17) is 9.15 Å². The Morgan fingerprint density at radius 3 is 2.79 bits per heavy atom. The van der Waals surface area contributed by atoms with Crippen LogP contribution in [0.2, 0.25) is 0 Å². The minimum atomic E-state index is 0.284. The predicted molar refractivity (Wildman–Crippen MR) is 78.2 cm³/mol. The normalized spacial score (nSPS) is 11.6. The maximum absolute atomic E-state index is 5.64. The van der Waals surface area contributed by atoms with Crippen molar-refractivity contribution >= 4 is 11.3 Å². The number of furan rings is 1. The van der Waals surface area contributed by atoms with Crippen LogP contribution in [0.4, 0.5) is 0 Å². The lowest BCUT2D eigenvalue weighted by atomic mass is 10.3. The molecule has 0 bridgehead atoms. The SMILES string of the molecule is CC(C)OCCN(Cc1ccco1)Cc1cccs1. The second-order valence-electron chi connectivity index (χ2n) is 4.79. The Bertz CT molecular complexity index is 400. The molecule has 0 saturated carbocycles. The molecule has 2 aromatic rings. The molecule has 104 valence electrons. The molecular weight excluding hydrogens is 258 g/mol. The smallest absolute Gasteiger partial charge is 0.117 e. The molecule has 0 unspecified atom stereocenters. The van der Waals surface area contributed by atoms with Crippen LogP contribution in [0, 0.1) is 0 Å². The Balaban J connectivity index is 1.88. The Morgan fingerprint density at radius 1 is 1.26 bits per heavy atom. The lowest BCUT2D eigenvalue weighted by Crippen LogP contribution is -2.27. The van der Waals surface area contributed by atoms with E-state index in [1.165, 1.54) is 4.88 Å². The average Bonchev–Trinajstić information content (AvgIpc) is 3.01. The van der Waals surface area contributed by atoms with Crippen molar-refractivity contribution in [2.45, 2.75) is 33.0 Å². The van der Waals surface area contributed by atoms with Crippen LogP contribution in [0.15, 0.2) is 40.3 Å². The van der Waals surface area contributed by atoms with E-state index in [0.717, 1.165) is 32.0 Å². The highest BCUT2D eigenvalue weighted by atomic mass is 32.1. The van der Waals surface area contributed by atoms with Gasteiger partial charge in [0, 0.05) is 18.0 Å². The monoisotopic (exact) mass is 279 g/mol. The van der Waals surface area contributed by atoms with Gasteiger partial charge in [0.05, 0.1) is 25.5 Å². The molecule has 0 fully saturated rings. The fourth-order valence-electron chi connectivity index (χ4n) is 1.88. The van der Waals surface area contributed by atoms with Crippen molar-refractivity contribution in [3.63, 3.8) is 0 Å². The summed E-state index contributed by atoms with van der Waals surface area (Å²) in [6.07, 6.45) is 2.01. The maximum atomic E-state index is 5.64. The number of hydrogen-bond donors (Lipinski definition) is 0. The molecule has 0 aliphatic heterocycles. The van der Waals surface area contributed by atoms with Crippen LogP contribution >= 0.6 is 11.3 Å². The summed E-state index contributed by atoms with van der Waals surface area (Å²) in [4.78, 5) is 3.73. The summed E-state index contributed by atoms with van der Waals surface area (Å²) in [5.41, 5.74) is 0. The van der Waals surface area contributed by atoms with Gasteiger partial charge in [-0.1, -0.05) is 6.07 Å². The molecule has 0 aliphatic rings. The third kappa shape index (κ3) is 5.19. The van der Waals surface area contributed by atoms with E-state index in [1.807, 2.05) is 12.1 Å². The van der Waals surface area contributed by atoms with E-state index in [2.05, 4.69) is 36.3 Å². The molecule has 0 N–H and O–H groups in total. The van der Waals surface area contributed by atoms with Crippen LogP contribution in [0.25, 0.3) is 0 Å². The molecule has 0 spiro atoms. The Labute approximate surface area is 118 Å². The number of ether oxygens (including phenoxy) is 1. The number of nitrogens with zero attached hydrogens (tertiary/aromatic N) is 1. The van der Waals surface area contributed by atoms with Gasteiger partial charge in [0.15, 0.2) is 0 Å². The van der Waals surface area contributed by atoms with Gasteiger partial charge < -0.3 is 9.15 Å². The molecular formula is C15H21NO2S. The number of hydrogen-bond acceptors (Lipinski definition) is 4. The molecule has 2 heterocycles. The van der Waals surface area contributed by atoms with Gasteiger partial charge in [-0.25, -0.2) is 0 Å². The third-order valence-electron chi connectivity index (χ3n) is 2.78.